The summed E-state index contributed by atoms with van der Waals surface area (Å²) in [6, 6.07) is 14.9. The Kier molecular flexibility index (Phi) is 3.80. The second kappa shape index (κ2) is 5.52. The molecule has 2 rings (SSSR count). The quantitative estimate of drug-likeness (QED) is 0.662. The molecule has 4 nitrogen and oxygen atoms in total. The van der Waals surface area contributed by atoms with E-state index < -0.39 is 4.92 Å². The van der Waals surface area contributed by atoms with Crippen LogP contribution in [0.2, 0.25) is 0 Å². The lowest BCUT2D eigenvalue weighted by Crippen LogP contribution is -2.06. The number of nitrogens with one attached hydrogen (secondary N) is 1. The van der Waals surface area contributed by atoms with Gasteiger partial charge in [0.2, 0.25) is 0 Å². The summed E-state index contributed by atoms with van der Waals surface area (Å²) in [7, 11) is 0. The maximum absolute atomic E-state index is 10.6. The molecule has 0 fully saturated rings. The van der Waals surface area contributed by atoms with Crippen molar-refractivity contribution in [1.82, 2.24) is 0 Å². The molecule has 0 spiro atoms. The van der Waals surface area contributed by atoms with Crippen LogP contribution < -0.4 is 5.32 Å². The van der Waals surface area contributed by atoms with Crippen LogP contribution in [0.4, 0.5) is 11.4 Å². The van der Waals surface area contributed by atoms with Crippen LogP contribution in [0.5, 0.6) is 0 Å². The normalized spacial score (nSPS) is 11.9. The van der Waals surface area contributed by atoms with E-state index in [9.17, 15) is 10.1 Å². The second-order valence-electron chi connectivity index (χ2n) is 4.58. The fourth-order valence-electron chi connectivity index (χ4n) is 1.95. The third-order valence-electron chi connectivity index (χ3n) is 3.00. The van der Waals surface area contributed by atoms with Crippen molar-refractivity contribution < 1.29 is 4.92 Å². The van der Waals surface area contributed by atoms with E-state index in [1.807, 2.05) is 6.07 Å². The largest absolute Gasteiger partial charge is 0.379 e. The minimum Gasteiger partial charge on any atom is -0.379 e. The number of non-ortho nitro benzene ring substituents is 1. The predicted molar refractivity (Wildman–Crippen MR) is 76.3 cm³/mol. The second-order valence-corrected chi connectivity index (χ2v) is 4.58. The van der Waals surface area contributed by atoms with E-state index in [0.717, 1.165) is 5.69 Å². The molecule has 1 N–H and O–H groups in total. The molecule has 0 aromatic heterocycles. The molecule has 0 radical (unpaired) electrons. The Balaban J connectivity index is 2.10. The molecule has 2 aromatic carbocycles. The van der Waals surface area contributed by atoms with Crippen LogP contribution in [-0.2, 0) is 0 Å². The number of anilines is 1. The molecular weight excluding hydrogens is 240 g/mol. The van der Waals surface area contributed by atoms with E-state index >= 15 is 0 Å². The van der Waals surface area contributed by atoms with E-state index in [1.165, 1.54) is 23.3 Å². The first-order valence-corrected chi connectivity index (χ1v) is 6.14. The van der Waals surface area contributed by atoms with Gasteiger partial charge >= 0.3 is 0 Å². The van der Waals surface area contributed by atoms with Crippen LogP contribution >= 0.6 is 0 Å². The highest BCUT2D eigenvalue weighted by atomic mass is 16.6. The first-order chi connectivity index (χ1) is 9.06. The fourth-order valence-corrected chi connectivity index (χ4v) is 1.95. The van der Waals surface area contributed by atoms with Crippen LogP contribution in [0.3, 0.4) is 0 Å². The molecule has 0 aliphatic carbocycles. The SMILES string of the molecule is Cc1cccc(C(C)Nc2ccc([N+](=O)[O-])cc2)c1. The van der Waals surface area contributed by atoms with Gasteiger partial charge in [-0.25, -0.2) is 0 Å². The first-order valence-electron chi connectivity index (χ1n) is 6.14. The van der Waals surface area contributed by atoms with E-state index in [4.69, 9.17) is 0 Å². The first kappa shape index (κ1) is 13.1. The summed E-state index contributed by atoms with van der Waals surface area (Å²) in [5, 5.41) is 13.9. The van der Waals surface area contributed by atoms with E-state index in [2.05, 4.69) is 37.4 Å². The Labute approximate surface area is 112 Å². The molecule has 0 bridgehead atoms. The molecule has 98 valence electrons. The van der Waals surface area contributed by atoms with Gasteiger partial charge in [0.15, 0.2) is 0 Å². The minimum atomic E-state index is -0.395. The van der Waals surface area contributed by atoms with Gasteiger partial charge in [-0.15, -0.1) is 0 Å². The number of aryl methyl sites for hydroxylation is 1. The lowest BCUT2D eigenvalue weighted by atomic mass is 10.1. The van der Waals surface area contributed by atoms with Gasteiger partial charge in [0.1, 0.15) is 0 Å². The van der Waals surface area contributed by atoms with Crippen LogP contribution in [0.1, 0.15) is 24.1 Å². The third-order valence-corrected chi connectivity index (χ3v) is 3.00. The molecule has 2 aromatic rings. The Morgan fingerprint density at radius 1 is 1.16 bits per heavy atom. The van der Waals surface area contributed by atoms with Crippen LogP contribution in [0, 0.1) is 17.0 Å². The van der Waals surface area contributed by atoms with Gasteiger partial charge in [-0.3, -0.25) is 10.1 Å². The zero-order valence-corrected chi connectivity index (χ0v) is 11.0. The van der Waals surface area contributed by atoms with Gasteiger partial charge < -0.3 is 5.32 Å². The average molecular weight is 256 g/mol. The summed E-state index contributed by atoms with van der Waals surface area (Å²) >= 11 is 0. The molecule has 0 amide bonds. The minimum absolute atomic E-state index is 0.105. The van der Waals surface area contributed by atoms with E-state index in [-0.39, 0.29) is 11.7 Å². The average Bonchev–Trinajstić information content (AvgIpc) is 2.39. The van der Waals surface area contributed by atoms with E-state index in [0.29, 0.717) is 0 Å². The van der Waals surface area contributed by atoms with Crippen molar-refractivity contribution in [1.29, 1.82) is 0 Å². The lowest BCUT2D eigenvalue weighted by Gasteiger charge is -2.16. The van der Waals surface area contributed by atoms with Gasteiger partial charge in [-0.05, 0) is 31.5 Å². The van der Waals surface area contributed by atoms with Gasteiger partial charge in [0, 0.05) is 23.9 Å². The molecule has 1 atom stereocenters. The predicted octanol–water partition coefficient (Wildman–Crippen LogP) is 4.08. The smallest absolute Gasteiger partial charge is 0.269 e. The van der Waals surface area contributed by atoms with Crippen molar-refractivity contribution in [3.63, 3.8) is 0 Å². The summed E-state index contributed by atoms with van der Waals surface area (Å²) in [6.45, 7) is 4.12. The van der Waals surface area contributed by atoms with Crippen molar-refractivity contribution in [3.05, 3.63) is 69.8 Å². The molecule has 0 aliphatic heterocycles. The van der Waals surface area contributed by atoms with Crippen LogP contribution in [0.15, 0.2) is 48.5 Å². The van der Waals surface area contributed by atoms with Crippen molar-refractivity contribution in [3.8, 4) is 0 Å². The summed E-state index contributed by atoms with van der Waals surface area (Å²) in [5.74, 6) is 0. The molecule has 19 heavy (non-hydrogen) atoms. The highest BCUT2D eigenvalue weighted by Gasteiger charge is 2.07. The van der Waals surface area contributed by atoms with Crippen LogP contribution in [-0.4, -0.2) is 4.92 Å². The Morgan fingerprint density at radius 2 is 1.84 bits per heavy atom. The number of nitro benzene ring substituents is 1. The Bertz CT molecular complexity index is 579. The fraction of sp³-hybridized carbons (Fsp3) is 0.200. The molecular formula is C15H16N2O2. The summed E-state index contributed by atoms with van der Waals surface area (Å²) < 4.78 is 0. The molecule has 1 unspecified atom stereocenters. The number of hydrogen-bond donors (Lipinski definition) is 1. The van der Waals surface area contributed by atoms with Gasteiger partial charge in [-0.1, -0.05) is 29.8 Å². The van der Waals surface area contributed by atoms with Gasteiger partial charge in [0.25, 0.3) is 5.69 Å². The van der Waals surface area contributed by atoms with Crippen LogP contribution in [0.25, 0.3) is 0 Å². The zero-order chi connectivity index (χ0) is 13.8. The molecule has 0 aliphatic rings. The summed E-state index contributed by atoms with van der Waals surface area (Å²) in [4.78, 5) is 10.2. The number of benzene rings is 2. The number of nitrogens with zero attached hydrogens (tertiary/aromatic N) is 1. The lowest BCUT2D eigenvalue weighted by molar-refractivity contribution is -0.384. The highest BCUT2D eigenvalue weighted by Crippen LogP contribution is 2.22. The van der Waals surface area contributed by atoms with Gasteiger partial charge in [0.05, 0.1) is 4.92 Å². The zero-order valence-electron chi connectivity index (χ0n) is 11.0. The maximum atomic E-state index is 10.6. The number of rotatable bonds is 4. The van der Waals surface area contributed by atoms with Crippen molar-refractivity contribution in [2.45, 2.75) is 19.9 Å². The third kappa shape index (κ3) is 3.31. The monoisotopic (exact) mass is 256 g/mol. The standard InChI is InChI=1S/C15H16N2O2/c1-11-4-3-5-13(10-11)12(2)16-14-6-8-15(9-7-14)17(18)19/h3-10,12,16H,1-2H3. The molecule has 4 heteroatoms. The van der Waals surface area contributed by atoms with Gasteiger partial charge in [-0.2, -0.15) is 0 Å². The van der Waals surface area contributed by atoms with Crippen molar-refractivity contribution in [2.75, 3.05) is 5.32 Å². The summed E-state index contributed by atoms with van der Waals surface area (Å²) in [6.07, 6.45) is 0. The molecule has 0 saturated heterocycles. The highest BCUT2D eigenvalue weighted by molar-refractivity contribution is 5.50. The molecule has 0 saturated carbocycles. The number of nitro groups is 1. The topological polar surface area (TPSA) is 55.2 Å². The molecule has 0 heterocycles. The maximum Gasteiger partial charge on any atom is 0.269 e. The number of hydrogen-bond acceptors (Lipinski definition) is 3. The van der Waals surface area contributed by atoms with E-state index in [1.54, 1.807) is 12.1 Å². The Hall–Kier alpha value is -2.36. The van der Waals surface area contributed by atoms with Crippen molar-refractivity contribution in [2.24, 2.45) is 0 Å². The summed E-state index contributed by atoms with van der Waals surface area (Å²) in [5.41, 5.74) is 3.39. The Morgan fingerprint density at radius 3 is 2.42 bits per heavy atom. The van der Waals surface area contributed by atoms with Crippen molar-refractivity contribution >= 4 is 11.4 Å².